The van der Waals surface area contributed by atoms with Gasteiger partial charge in [-0.15, -0.1) is 0 Å². The van der Waals surface area contributed by atoms with Crippen molar-refractivity contribution in [2.45, 2.75) is 41.6 Å². The predicted molar refractivity (Wildman–Crippen MR) is 217 cm³/mol. The fourth-order valence-corrected chi connectivity index (χ4v) is 7.18. The molecule has 0 bridgehead atoms. The maximum Gasteiger partial charge on any atom is 0.295 e. The minimum Gasteiger partial charge on any atom is -0.388 e. The number of nitrogens with one attached hydrogen (secondary N) is 4. The van der Waals surface area contributed by atoms with E-state index in [9.17, 15) is 44.0 Å². The van der Waals surface area contributed by atoms with Gasteiger partial charge in [-0.25, -0.2) is 0 Å². The van der Waals surface area contributed by atoms with E-state index in [1.165, 1.54) is 48.6 Å². The lowest BCUT2D eigenvalue weighted by Crippen LogP contribution is -2.08. The summed E-state index contributed by atoms with van der Waals surface area (Å²) >= 11 is 0. The van der Waals surface area contributed by atoms with Gasteiger partial charge < -0.3 is 26.4 Å². The summed E-state index contributed by atoms with van der Waals surface area (Å²) < 4.78 is 102. The number of aromatic nitrogens is 6. The Bertz CT molecular complexity index is 2900. The molecule has 0 spiro atoms. The summed E-state index contributed by atoms with van der Waals surface area (Å²) in [4.78, 5) is 23.9. The standard InChI is InChI=1S/C36H34N10O10S3/c1-3-31-41-33(37-24-10-4-21(2)5-11-24)45-35(42-31)39-26-12-8-22(29(18-26)58(51,52)53)6-7-23-9-13-27(19-30(23)59(54,55)56)40-36-44-32(20-47)43-34(46-36)38-25-14-16-28(17-15-25)57(48,49)50/h4-19,47H,3,20H2,1-2H3,(H,48,49,50)(H,51,52,53)(H,54,55,56)(H2,37,39,41,42,45)(H2,38,40,43,44,46)/b7-6+. The van der Waals surface area contributed by atoms with Gasteiger partial charge >= 0.3 is 0 Å². The largest absolute Gasteiger partial charge is 0.388 e. The Morgan fingerprint density at radius 1 is 0.508 bits per heavy atom. The van der Waals surface area contributed by atoms with Gasteiger partial charge in [-0.3, -0.25) is 13.7 Å². The molecule has 0 saturated carbocycles. The Hall–Kier alpha value is -6.47. The first-order valence-electron chi connectivity index (χ1n) is 17.1. The summed E-state index contributed by atoms with van der Waals surface area (Å²) in [6, 6.07) is 20.2. The maximum atomic E-state index is 12.5. The van der Waals surface area contributed by atoms with Crippen molar-refractivity contribution in [1.29, 1.82) is 0 Å². The van der Waals surface area contributed by atoms with Crippen LogP contribution < -0.4 is 21.3 Å². The van der Waals surface area contributed by atoms with Crippen LogP contribution in [0.4, 0.5) is 46.5 Å². The van der Waals surface area contributed by atoms with Crippen molar-refractivity contribution in [3.8, 4) is 0 Å². The van der Waals surface area contributed by atoms with Gasteiger partial charge in [0.1, 0.15) is 22.2 Å². The summed E-state index contributed by atoms with van der Waals surface area (Å²) in [5.74, 6) is 0.394. The molecule has 0 fully saturated rings. The molecule has 0 amide bonds. The third-order valence-corrected chi connectivity index (χ3v) is 10.8. The number of rotatable bonds is 15. The molecule has 23 heteroatoms. The molecule has 0 aliphatic heterocycles. The van der Waals surface area contributed by atoms with E-state index in [1.807, 2.05) is 38.1 Å². The van der Waals surface area contributed by atoms with Gasteiger partial charge in [0.25, 0.3) is 30.4 Å². The van der Waals surface area contributed by atoms with E-state index >= 15 is 0 Å². The molecule has 306 valence electrons. The quantitative estimate of drug-likeness (QED) is 0.0479. The number of anilines is 8. The van der Waals surface area contributed by atoms with Gasteiger partial charge in [0.05, 0.1) is 4.90 Å². The molecule has 59 heavy (non-hydrogen) atoms. The highest BCUT2D eigenvalue weighted by Gasteiger charge is 2.19. The number of aliphatic hydroxyl groups excluding tert-OH is 1. The fraction of sp³-hybridized carbons (Fsp3) is 0.111. The first kappa shape index (κ1) is 42.1. The average Bonchev–Trinajstić information content (AvgIpc) is 3.17. The van der Waals surface area contributed by atoms with Crippen molar-refractivity contribution < 1.29 is 44.0 Å². The molecular formula is C36H34N10O10S3. The van der Waals surface area contributed by atoms with Crippen LogP contribution >= 0.6 is 0 Å². The second-order valence-corrected chi connectivity index (χ2v) is 16.7. The molecule has 6 aromatic rings. The average molecular weight is 863 g/mol. The Labute approximate surface area is 337 Å². The molecule has 0 aliphatic carbocycles. The second kappa shape index (κ2) is 17.2. The van der Waals surface area contributed by atoms with Crippen LogP contribution in [0.15, 0.2) is 99.6 Å². The topological polar surface area (TPSA) is 309 Å². The van der Waals surface area contributed by atoms with Gasteiger partial charge in [-0.05, 0) is 78.7 Å². The molecule has 6 rings (SSSR count). The van der Waals surface area contributed by atoms with Crippen molar-refractivity contribution in [1.82, 2.24) is 29.9 Å². The first-order chi connectivity index (χ1) is 27.9. The molecule has 2 heterocycles. The zero-order chi connectivity index (χ0) is 42.5. The molecule has 0 aliphatic rings. The number of benzene rings is 4. The fourth-order valence-electron chi connectivity index (χ4n) is 5.28. The Kier molecular flexibility index (Phi) is 12.3. The summed E-state index contributed by atoms with van der Waals surface area (Å²) in [5, 5.41) is 21.3. The van der Waals surface area contributed by atoms with Crippen molar-refractivity contribution >= 4 is 89.0 Å². The number of hydrogen-bond donors (Lipinski definition) is 8. The van der Waals surface area contributed by atoms with Gasteiger partial charge in [0, 0.05) is 29.2 Å². The molecule has 20 nitrogen and oxygen atoms in total. The highest BCUT2D eigenvalue weighted by molar-refractivity contribution is 7.86. The summed E-state index contributed by atoms with van der Waals surface area (Å²) in [7, 11) is -14.2. The molecule has 4 aromatic carbocycles. The third kappa shape index (κ3) is 11.1. The summed E-state index contributed by atoms with van der Waals surface area (Å²) in [5.41, 5.74) is 2.24. The minimum atomic E-state index is -4.90. The third-order valence-electron chi connectivity index (χ3n) is 8.07. The zero-order valence-electron chi connectivity index (χ0n) is 30.8. The van der Waals surface area contributed by atoms with Crippen molar-refractivity contribution in [2.75, 3.05) is 21.3 Å². The van der Waals surface area contributed by atoms with Crippen LogP contribution in [0.2, 0.25) is 0 Å². The Morgan fingerprint density at radius 2 is 0.881 bits per heavy atom. The summed E-state index contributed by atoms with van der Waals surface area (Å²) in [6.07, 6.45) is 2.91. The van der Waals surface area contributed by atoms with Crippen LogP contribution in [-0.4, -0.2) is 73.9 Å². The van der Waals surface area contributed by atoms with Crippen LogP contribution in [0.3, 0.4) is 0 Å². The van der Waals surface area contributed by atoms with E-state index < -0.39 is 46.8 Å². The number of nitrogens with zero attached hydrogens (tertiary/aromatic N) is 6. The van der Waals surface area contributed by atoms with E-state index in [4.69, 9.17) is 0 Å². The van der Waals surface area contributed by atoms with Gasteiger partial charge in [-0.2, -0.15) is 55.2 Å². The Morgan fingerprint density at radius 3 is 1.25 bits per heavy atom. The first-order valence-corrected chi connectivity index (χ1v) is 21.4. The minimum absolute atomic E-state index is 0.0393. The van der Waals surface area contributed by atoms with Crippen LogP contribution in [0.5, 0.6) is 0 Å². The number of hydrogen-bond acceptors (Lipinski definition) is 17. The molecular weight excluding hydrogens is 829 g/mol. The molecule has 0 atom stereocenters. The molecule has 2 aromatic heterocycles. The van der Waals surface area contributed by atoms with Gasteiger partial charge in [0.15, 0.2) is 5.82 Å². The predicted octanol–water partition coefficient (Wildman–Crippen LogP) is 5.30. The van der Waals surface area contributed by atoms with E-state index in [0.29, 0.717) is 17.9 Å². The second-order valence-electron chi connectivity index (χ2n) is 12.5. The molecule has 0 unspecified atom stereocenters. The normalized spacial score (nSPS) is 12.0. The maximum absolute atomic E-state index is 12.5. The van der Waals surface area contributed by atoms with Crippen LogP contribution in [0, 0.1) is 6.92 Å². The molecule has 0 saturated heterocycles. The van der Waals surface area contributed by atoms with E-state index in [0.717, 1.165) is 35.5 Å². The van der Waals surface area contributed by atoms with Crippen molar-refractivity contribution in [3.05, 3.63) is 113 Å². The lowest BCUT2D eigenvalue weighted by Gasteiger charge is -2.12. The lowest BCUT2D eigenvalue weighted by molar-refractivity contribution is 0.271. The smallest absolute Gasteiger partial charge is 0.295 e. The summed E-state index contributed by atoms with van der Waals surface area (Å²) in [6.45, 7) is 3.18. The van der Waals surface area contributed by atoms with E-state index in [2.05, 4.69) is 51.2 Å². The SMILES string of the molecule is CCc1nc(Nc2ccc(C)cc2)nc(Nc2ccc(/C=C/c3ccc(Nc4nc(CO)nc(Nc5ccc(S(=O)(=O)O)cc5)n4)cc3S(=O)(=O)O)c(S(=O)(=O)O)c2)n1. The number of aliphatic hydroxyl groups is 1. The lowest BCUT2D eigenvalue weighted by atomic mass is 10.1. The van der Waals surface area contributed by atoms with Crippen LogP contribution in [-0.2, 0) is 43.4 Å². The highest BCUT2D eigenvalue weighted by Crippen LogP contribution is 2.29. The van der Waals surface area contributed by atoms with E-state index in [1.54, 1.807) is 0 Å². The van der Waals surface area contributed by atoms with Gasteiger partial charge in [-0.1, -0.05) is 48.9 Å². The molecule has 8 N–H and O–H groups in total. The Balaban J connectivity index is 1.25. The van der Waals surface area contributed by atoms with Crippen molar-refractivity contribution in [3.63, 3.8) is 0 Å². The van der Waals surface area contributed by atoms with Crippen LogP contribution in [0.1, 0.15) is 35.3 Å². The van der Waals surface area contributed by atoms with Crippen molar-refractivity contribution in [2.24, 2.45) is 0 Å². The highest BCUT2D eigenvalue weighted by atomic mass is 32.2. The van der Waals surface area contributed by atoms with Gasteiger partial charge in [0.2, 0.25) is 23.8 Å². The van der Waals surface area contributed by atoms with Crippen LogP contribution in [0.25, 0.3) is 12.2 Å². The molecule has 0 radical (unpaired) electrons. The zero-order valence-corrected chi connectivity index (χ0v) is 33.2. The number of aryl methyl sites for hydroxylation is 2. The monoisotopic (exact) mass is 862 g/mol. The van der Waals surface area contributed by atoms with E-state index in [-0.39, 0.29) is 57.0 Å².